The minimum absolute atomic E-state index is 1.03. The van der Waals surface area contributed by atoms with Gasteiger partial charge in [-0.3, -0.25) is 0 Å². The van der Waals surface area contributed by atoms with Crippen LogP contribution in [-0.2, 0) is 6.54 Å². The second-order valence-corrected chi connectivity index (χ2v) is 8.00. The number of quaternary nitrogens is 1. The van der Waals surface area contributed by atoms with Crippen LogP contribution in [0.2, 0.25) is 0 Å². The van der Waals surface area contributed by atoms with Gasteiger partial charge in [-0.25, -0.2) is 4.98 Å². The Morgan fingerprint density at radius 1 is 1.00 bits per heavy atom. The van der Waals surface area contributed by atoms with E-state index in [9.17, 15) is 0 Å². The van der Waals surface area contributed by atoms with Crippen LogP contribution in [0.25, 0.3) is 10.6 Å². The molecule has 0 radical (unpaired) electrons. The predicted octanol–water partition coefficient (Wildman–Crippen LogP) is 3.33. The van der Waals surface area contributed by atoms with E-state index in [1.165, 1.54) is 41.2 Å². The Morgan fingerprint density at radius 3 is 2.54 bits per heavy atom. The lowest BCUT2D eigenvalue weighted by atomic mass is 10.1. The fourth-order valence-electron chi connectivity index (χ4n) is 3.68. The van der Waals surface area contributed by atoms with Crippen molar-refractivity contribution in [3.63, 3.8) is 0 Å². The molecule has 3 aromatic rings. The van der Waals surface area contributed by atoms with E-state index >= 15 is 0 Å². The summed E-state index contributed by atoms with van der Waals surface area (Å²) in [7, 11) is 0. The van der Waals surface area contributed by atoms with Crippen molar-refractivity contribution in [2.45, 2.75) is 20.4 Å². The number of aryl methyl sites for hydroxylation is 1. The van der Waals surface area contributed by atoms with Gasteiger partial charge in [0.05, 0.1) is 26.2 Å². The number of rotatable bonds is 4. The van der Waals surface area contributed by atoms with E-state index in [0.29, 0.717) is 0 Å². The molecule has 1 aliphatic heterocycles. The van der Waals surface area contributed by atoms with Crippen molar-refractivity contribution in [1.82, 2.24) is 4.98 Å². The summed E-state index contributed by atoms with van der Waals surface area (Å²) < 4.78 is 0. The third kappa shape index (κ3) is 3.67. The van der Waals surface area contributed by atoms with Crippen LogP contribution >= 0.6 is 11.3 Å². The quantitative estimate of drug-likeness (QED) is 0.766. The molecule has 1 aromatic heterocycles. The van der Waals surface area contributed by atoms with E-state index < -0.39 is 0 Å². The van der Waals surface area contributed by atoms with Gasteiger partial charge < -0.3 is 9.80 Å². The van der Waals surface area contributed by atoms with Crippen LogP contribution in [0, 0.1) is 13.8 Å². The molecule has 0 spiro atoms. The molecule has 4 heteroatoms. The molecule has 26 heavy (non-hydrogen) atoms. The van der Waals surface area contributed by atoms with Crippen molar-refractivity contribution >= 4 is 17.0 Å². The summed E-state index contributed by atoms with van der Waals surface area (Å²) in [4.78, 5) is 9.04. The summed E-state index contributed by atoms with van der Waals surface area (Å²) >= 11 is 1.76. The molecule has 1 saturated heterocycles. The number of hydrogen-bond donors (Lipinski definition) is 1. The molecule has 0 aliphatic carbocycles. The zero-order valence-corrected chi connectivity index (χ0v) is 16.4. The van der Waals surface area contributed by atoms with Crippen molar-refractivity contribution in [2.75, 3.05) is 31.1 Å². The molecule has 0 bridgehead atoms. The standard InChI is InChI=1S/C22H25N3S/c1-17-7-6-10-21(18(17)2)25-13-11-24(12-14-25)15-20-16-26-22(23-20)19-8-4-3-5-9-19/h3-10,16H,11-15H2,1-2H3/p+1. The number of nitrogens with one attached hydrogen (secondary N) is 1. The van der Waals surface area contributed by atoms with E-state index in [4.69, 9.17) is 4.98 Å². The Labute approximate surface area is 159 Å². The maximum absolute atomic E-state index is 4.86. The molecule has 0 amide bonds. The van der Waals surface area contributed by atoms with E-state index in [-0.39, 0.29) is 0 Å². The van der Waals surface area contributed by atoms with Crippen molar-refractivity contribution in [1.29, 1.82) is 0 Å². The predicted molar refractivity (Wildman–Crippen MR) is 110 cm³/mol. The van der Waals surface area contributed by atoms with Crippen molar-refractivity contribution in [3.05, 3.63) is 70.7 Å². The van der Waals surface area contributed by atoms with E-state index in [1.807, 2.05) is 0 Å². The van der Waals surface area contributed by atoms with Gasteiger partial charge in [-0.05, 0) is 31.0 Å². The Bertz CT molecular complexity index is 864. The SMILES string of the molecule is Cc1cccc(N2CC[NH+](Cc3csc(-c4ccccc4)n3)CC2)c1C. The minimum atomic E-state index is 1.03. The molecule has 4 rings (SSSR count). The zero-order chi connectivity index (χ0) is 17.9. The van der Waals surface area contributed by atoms with Gasteiger partial charge >= 0.3 is 0 Å². The maximum atomic E-state index is 4.86. The Kier molecular flexibility index (Phi) is 5.05. The fraction of sp³-hybridized carbons (Fsp3) is 0.318. The van der Waals surface area contributed by atoms with E-state index in [2.05, 4.69) is 72.7 Å². The number of benzene rings is 2. The second kappa shape index (κ2) is 7.60. The number of anilines is 1. The first-order valence-corrected chi connectivity index (χ1v) is 10.2. The first-order valence-electron chi connectivity index (χ1n) is 9.35. The van der Waals surface area contributed by atoms with Gasteiger partial charge in [0, 0.05) is 16.6 Å². The third-order valence-electron chi connectivity index (χ3n) is 5.39. The van der Waals surface area contributed by atoms with E-state index in [0.717, 1.165) is 24.6 Å². The van der Waals surface area contributed by atoms with Crippen LogP contribution in [0.3, 0.4) is 0 Å². The van der Waals surface area contributed by atoms with Gasteiger partial charge in [-0.2, -0.15) is 0 Å². The van der Waals surface area contributed by atoms with Crippen molar-refractivity contribution in [2.24, 2.45) is 0 Å². The molecular formula is C22H26N3S+. The van der Waals surface area contributed by atoms with Crippen LogP contribution in [0.15, 0.2) is 53.9 Å². The van der Waals surface area contributed by atoms with Crippen LogP contribution in [0.1, 0.15) is 16.8 Å². The molecule has 3 nitrogen and oxygen atoms in total. The zero-order valence-electron chi connectivity index (χ0n) is 15.5. The van der Waals surface area contributed by atoms with Gasteiger partial charge in [0.25, 0.3) is 0 Å². The molecule has 0 saturated carbocycles. The average molecular weight is 365 g/mol. The number of thiazole rings is 1. The number of piperazine rings is 1. The summed E-state index contributed by atoms with van der Waals surface area (Å²) in [6.07, 6.45) is 0. The number of aromatic nitrogens is 1. The summed E-state index contributed by atoms with van der Waals surface area (Å²) in [5, 5.41) is 3.36. The van der Waals surface area contributed by atoms with Crippen molar-refractivity contribution in [3.8, 4) is 10.6 Å². The number of hydrogen-bond acceptors (Lipinski definition) is 3. The summed E-state index contributed by atoms with van der Waals surface area (Å²) in [6.45, 7) is 10.1. The summed E-state index contributed by atoms with van der Waals surface area (Å²) in [5.41, 5.74) is 6.66. The summed E-state index contributed by atoms with van der Waals surface area (Å²) in [6, 6.07) is 17.1. The molecule has 1 N–H and O–H groups in total. The molecular weight excluding hydrogens is 338 g/mol. The Morgan fingerprint density at radius 2 is 1.77 bits per heavy atom. The van der Waals surface area contributed by atoms with Crippen molar-refractivity contribution < 1.29 is 4.90 Å². The van der Waals surface area contributed by atoms with Crippen LogP contribution in [-0.4, -0.2) is 31.2 Å². The average Bonchev–Trinajstić information content (AvgIpc) is 3.14. The Hall–Kier alpha value is -2.17. The topological polar surface area (TPSA) is 20.6 Å². The monoisotopic (exact) mass is 364 g/mol. The van der Waals surface area contributed by atoms with Gasteiger partial charge in [0.1, 0.15) is 17.2 Å². The van der Waals surface area contributed by atoms with Gasteiger partial charge in [-0.1, -0.05) is 42.5 Å². The molecule has 2 aromatic carbocycles. The van der Waals surface area contributed by atoms with Gasteiger partial charge in [0.2, 0.25) is 0 Å². The first kappa shape index (κ1) is 17.3. The molecule has 2 heterocycles. The lowest BCUT2D eigenvalue weighted by molar-refractivity contribution is -0.914. The van der Waals surface area contributed by atoms with Gasteiger partial charge in [-0.15, -0.1) is 11.3 Å². The van der Waals surface area contributed by atoms with Crippen LogP contribution < -0.4 is 9.80 Å². The highest BCUT2D eigenvalue weighted by Crippen LogP contribution is 2.24. The Balaban J connectivity index is 1.37. The highest BCUT2D eigenvalue weighted by atomic mass is 32.1. The smallest absolute Gasteiger partial charge is 0.123 e. The fourth-order valence-corrected chi connectivity index (χ4v) is 4.50. The van der Waals surface area contributed by atoms with E-state index in [1.54, 1.807) is 16.2 Å². The van der Waals surface area contributed by atoms with Crippen LogP contribution in [0.4, 0.5) is 5.69 Å². The van der Waals surface area contributed by atoms with Gasteiger partial charge in [0.15, 0.2) is 0 Å². The lowest BCUT2D eigenvalue weighted by Crippen LogP contribution is -3.13. The minimum Gasteiger partial charge on any atom is -0.360 e. The first-order chi connectivity index (χ1) is 12.7. The molecule has 1 aliphatic rings. The maximum Gasteiger partial charge on any atom is 0.123 e. The summed E-state index contributed by atoms with van der Waals surface area (Å²) in [5.74, 6) is 0. The molecule has 0 atom stereocenters. The molecule has 0 unspecified atom stereocenters. The second-order valence-electron chi connectivity index (χ2n) is 7.14. The largest absolute Gasteiger partial charge is 0.360 e. The highest BCUT2D eigenvalue weighted by Gasteiger charge is 2.22. The number of nitrogens with zero attached hydrogens (tertiary/aromatic N) is 2. The normalized spacial score (nSPS) is 15.4. The molecule has 134 valence electrons. The third-order valence-corrected chi connectivity index (χ3v) is 6.33. The van der Waals surface area contributed by atoms with Crippen LogP contribution in [0.5, 0.6) is 0 Å². The highest BCUT2D eigenvalue weighted by molar-refractivity contribution is 7.13. The molecule has 1 fully saturated rings. The lowest BCUT2D eigenvalue weighted by Gasteiger charge is -2.34.